The lowest BCUT2D eigenvalue weighted by Gasteiger charge is -2.17. The summed E-state index contributed by atoms with van der Waals surface area (Å²) in [7, 11) is -2.53. The summed E-state index contributed by atoms with van der Waals surface area (Å²) in [6, 6.07) is 8.38. The van der Waals surface area contributed by atoms with Gasteiger partial charge in [0.2, 0.25) is 0 Å². The van der Waals surface area contributed by atoms with Crippen molar-refractivity contribution in [3.63, 3.8) is 0 Å². The Bertz CT molecular complexity index is 837. The monoisotopic (exact) mass is 348 g/mol. The van der Waals surface area contributed by atoms with Crippen LogP contribution in [0, 0.1) is 6.92 Å². The number of nitrogens with one attached hydrogen (secondary N) is 2. The number of urea groups is 1. The largest absolute Gasteiger partial charge is 0.354 e. The number of rotatable bonds is 5. The minimum Gasteiger partial charge on any atom is -0.354 e. The van der Waals surface area contributed by atoms with Gasteiger partial charge in [-0.15, -0.1) is 0 Å². The summed E-state index contributed by atoms with van der Waals surface area (Å²) < 4.78 is 27.0. The molecule has 1 aromatic carbocycles. The van der Waals surface area contributed by atoms with Crippen LogP contribution in [-0.2, 0) is 10.0 Å². The van der Waals surface area contributed by atoms with Gasteiger partial charge >= 0.3 is 6.03 Å². The number of sulfonamides is 1. The Balaban J connectivity index is 2.32. The average Bonchev–Trinajstić information content (AvgIpc) is 2.54. The second kappa shape index (κ2) is 7.31. The molecule has 24 heavy (non-hydrogen) atoms. The van der Waals surface area contributed by atoms with Crippen LogP contribution in [0.2, 0.25) is 0 Å². The molecule has 0 bridgehead atoms. The van der Waals surface area contributed by atoms with Crippen LogP contribution in [0.5, 0.6) is 0 Å². The van der Waals surface area contributed by atoms with Gasteiger partial charge in [0.15, 0.2) is 0 Å². The smallest absolute Gasteiger partial charge is 0.331 e. The summed E-state index contributed by atoms with van der Waals surface area (Å²) in [6.07, 6.45) is 2.69. The van der Waals surface area contributed by atoms with Crippen molar-refractivity contribution in [2.75, 3.05) is 18.9 Å². The van der Waals surface area contributed by atoms with Gasteiger partial charge in [0.1, 0.15) is 4.90 Å². The Morgan fingerprint density at radius 3 is 2.71 bits per heavy atom. The number of benzene rings is 1. The third-order valence-corrected chi connectivity index (χ3v) is 4.76. The molecule has 0 atom stereocenters. The van der Waals surface area contributed by atoms with Gasteiger partial charge < -0.3 is 10.2 Å². The molecule has 2 amide bonds. The summed E-state index contributed by atoms with van der Waals surface area (Å²) >= 11 is 0. The molecule has 0 radical (unpaired) electrons. The van der Waals surface area contributed by atoms with Crippen molar-refractivity contribution in [1.29, 1.82) is 0 Å². The molecule has 0 aliphatic carbocycles. The zero-order valence-electron chi connectivity index (χ0n) is 13.8. The first kappa shape index (κ1) is 17.7. The molecule has 2 aromatic rings. The van der Waals surface area contributed by atoms with E-state index in [2.05, 4.69) is 10.3 Å². The van der Waals surface area contributed by atoms with Crippen LogP contribution in [0.25, 0.3) is 0 Å². The summed E-state index contributed by atoms with van der Waals surface area (Å²) in [5, 5.41) is 3.05. The lowest BCUT2D eigenvalue weighted by atomic mass is 10.2. The zero-order chi connectivity index (χ0) is 17.7. The van der Waals surface area contributed by atoms with Crippen LogP contribution in [0.3, 0.4) is 0 Å². The van der Waals surface area contributed by atoms with Crippen molar-refractivity contribution in [1.82, 2.24) is 14.6 Å². The van der Waals surface area contributed by atoms with E-state index < -0.39 is 16.1 Å². The zero-order valence-corrected chi connectivity index (χ0v) is 14.6. The molecule has 8 heteroatoms. The van der Waals surface area contributed by atoms with Crippen LogP contribution in [0.4, 0.5) is 16.2 Å². The fourth-order valence-electron chi connectivity index (χ4n) is 1.97. The number of amides is 2. The summed E-state index contributed by atoms with van der Waals surface area (Å²) in [6.45, 7) is 4.08. The van der Waals surface area contributed by atoms with Gasteiger partial charge in [0.25, 0.3) is 10.0 Å². The maximum atomic E-state index is 12.5. The van der Waals surface area contributed by atoms with Crippen molar-refractivity contribution >= 4 is 27.4 Å². The molecule has 128 valence electrons. The first-order chi connectivity index (χ1) is 11.3. The van der Waals surface area contributed by atoms with Gasteiger partial charge in [-0.2, -0.15) is 0 Å². The Kier molecular flexibility index (Phi) is 5.40. The normalized spacial score (nSPS) is 11.0. The minimum atomic E-state index is -4.04. The van der Waals surface area contributed by atoms with Crippen molar-refractivity contribution in [3.05, 3.63) is 48.3 Å². The first-order valence-corrected chi connectivity index (χ1v) is 8.87. The highest BCUT2D eigenvalue weighted by Crippen LogP contribution is 2.24. The number of carbonyl (C=O) groups is 1. The second-order valence-electron chi connectivity index (χ2n) is 5.29. The maximum absolute atomic E-state index is 12.5. The Morgan fingerprint density at radius 2 is 2.04 bits per heavy atom. The molecule has 0 aliphatic heterocycles. The Hall–Kier alpha value is -2.61. The molecule has 0 saturated carbocycles. The van der Waals surface area contributed by atoms with Crippen LogP contribution in [0.15, 0.2) is 47.6 Å². The van der Waals surface area contributed by atoms with E-state index in [1.54, 1.807) is 13.0 Å². The highest BCUT2D eigenvalue weighted by Gasteiger charge is 2.23. The van der Waals surface area contributed by atoms with Crippen molar-refractivity contribution < 1.29 is 13.2 Å². The van der Waals surface area contributed by atoms with E-state index in [9.17, 15) is 13.2 Å². The molecule has 0 saturated heterocycles. The number of pyridine rings is 1. The van der Waals surface area contributed by atoms with Crippen molar-refractivity contribution in [2.45, 2.75) is 18.7 Å². The predicted molar refractivity (Wildman–Crippen MR) is 92.7 cm³/mol. The van der Waals surface area contributed by atoms with Gasteiger partial charge in [0.05, 0.1) is 5.69 Å². The summed E-state index contributed by atoms with van der Waals surface area (Å²) in [5.41, 5.74) is 2.13. The topological polar surface area (TPSA) is 91.4 Å². The van der Waals surface area contributed by atoms with Gasteiger partial charge in [-0.05, 0) is 37.6 Å². The third kappa shape index (κ3) is 4.23. The summed E-state index contributed by atoms with van der Waals surface area (Å²) in [4.78, 5) is 16.9. The first-order valence-electron chi connectivity index (χ1n) is 7.39. The fraction of sp³-hybridized carbons (Fsp3) is 0.250. The van der Waals surface area contributed by atoms with Gasteiger partial charge in [-0.1, -0.05) is 12.1 Å². The maximum Gasteiger partial charge on any atom is 0.331 e. The third-order valence-electron chi connectivity index (χ3n) is 3.41. The van der Waals surface area contributed by atoms with Crippen LogP contribution < -0.4 is 10.0 Å². The lowest BCUT2D eigenvalue weighted by molar-refractivity contribution is 0.217. The molecule has 0 spiro atoms. The van der Waals surface area contributed by atoms with Gasteiger partial charge in [-0.25, -0.2) is 17.9 Å². The van der Waals surface area contributed by atoms with Crippen molar-refractivity contribution in [2.24, 2.45) is 0 Å². The number of hydrogen-bond acceptors (Lipinski definition) is 5. The molecule has 7 nitrogen and oxygen atoms in total. The SMILES string of the molecule is CCN(C)C(=O)NS(=O)(=O)c1cnccc1Nc1cccc(C)c1. The quantitative estimate of drug-likeness (QED) is 0.866. The molecule has 0 aliphatic rings. The van der Waals surface area contributed by atoms with Crippen LogP contribution in [0.1, 0.15) is 12.5 Å². The highest BCUT2D eigenvalue weighted by molar-refractivity contribution is 7.90. The molecule has 0 fully saturated rings. The highest BCUT2D eigenvalue weighted by atomic mass is 32.2. The standard InChI is InChI=1S/C16H20N4O3S/c1-4-20(3)16(21)19-24(22,23)15-11-17-9-8-14(15)18-13-7-5-6-12(2)10-13/h5-11H,4H2,1-3H3,(H,17,18)(H,19,21). The van der Waals surface area contributed by atoms with Crippen LogP contribution >= 0.6 is 0 Å². The molecule has 2 rings (SSSR count). The van der Waals surface area contributed by atoms with E-state index in [1.807, 2.05) is 35.9 Å². The van der Waals surface area contributed by atoms with E-state index in [-0.39, 0.29) is 4.90 Å². The van der Waals surface area contributed by atoms with Gasteiger partial charge in [-0.3, -0.25) is 4.98 Å². The lowest BCUT2D eigenvalue weighted by Crippen LogP contribution is -2.40. The van der Waals surface area contributed by atoms with Crippen LogP contribution in [-0.4, -0.2) is 37.9 Å². The minimum absolute atomic E-state index is 0.0932. The van der Waals surface area contributed by atoms with Gasteiger partial charge in [0, 0.05) is 31.7 Å². The van der Waals surface area contributed by atoms with E-state index in [0.29, 0.717) is 12.2 Å². The molecule has 2 N–H and O–H groups in total. The molecule has 0 unspecified atom stereocenters. The number of anilines is 2. The Morgan fingerprint density at radius 1 is 1.29 bits per heavy atom. The number of nitrogens with zero attached hydrogens (tertiary/aromatic N) is 2. The molecule has 1 aromatic heterocycles. The number of carbonyl (C=O) groups excluding carboxylic acids is 1. The predicted octanol–water partition coefficient (Wildman–Crippen LogP) is 2.48. The second-order valence-corrected chi connectivity index (χ2v) is 6.94. The Labute approximate surface area is 141 Å². The molecular weight excluding hydrogens is 328 g/mol. The van der Waals surface area contributed by atoms with E-state index in [1.165, 1.54) is 24.3 Å². The molecular formula is C16H20N4O3S. The number of hydrogen-bond donors (Lipinski definition) is 2. The van der Waals surface area contributed by atoms with E-state index in [4.69, 9.17) is 0 Å². The number of aryl methyl sites for hydroxylation is 1. The molecule has 1 heterocycles. The fourth-order valence-corrected chi connectivity index (χ4v) is 3.07. The van der Waals surface area contributed by atoms with E-state index in [0.717, 1.165) is 11.3 Å². The average molecular weight is 348 g/mol. The summed E-state index contributed by atoms with van der Waals surface area (Å²) in [5.74, 6) is 0. The van der Waals surface area contributed by atoms with Crippen molar-refractivity contribution in [3.8, 4) is 0 Å². The number of aromatic nitrogens is 1. The van der Waals surface area contributed by atoms with E-state index >= 15 is 0 Å².